The molecule has 0 amide bonds. The third kappa shape index (κ3) is 9.26. The number of carbonyl (C=O) groups is 1. The Kier molecular flexibility index (Phi) is 9.64. The smallest absolute Gasteiger partial charge is 0.309 e. The fraction of sp³-hybridized carbons (Fsp3) is 0.727. The van der Waals surface area contributed by atoms with Crippen molar-refractivity contribution in [2.75, 3.05) is 19.8 Å². The molecule has 3 nitrogen and oxygen atoms in total. The van der Waals surface area contributed by atoms with Crippen molar-refractivity contribution in [3.8, 4) is 0 Å². The number of hydrogen-bond acceptors (Lipinski definition) is 3. The topological polar surface area (TPSA) is 35.5 Å². The van der Waals surface area contributed by atoms with E-state index in [-0.39, 0.29) is 5.97 Å². The van der Waals surface area contributed by atoms with E-state index in [4.69, 9.17) is 9.47 Å². The molecule has 0 fully saturated rings. The van der Waals surface area contributed by atoms with Gasteiger partial charge in [0.1, 0.15) is 0 Å². The minimum absolute atomic E-state index is 0.200. The molecular weight excluding hydrogens is 180 g/mol. The summed E-state index contributed by atoms with van der Waals surface area (Å²) in [5.41, 5.74) is 0. The Bertz CT molecular complexity index is 155. The molecule has 0 aromatic heterocycles. The summed E-state index contributed by atoms with van der Waals surface area (Å²) in [5, 5.41) is 0. The van der Waals surface area contributed by atoms with Gasteiger partial charge >= 0.3 is 5.97 Å². The average molecular weight is 200 g/mol. The van der Waals surface area contributed by atoms with Crippen LogP contribution in [0, 0.1) is 0 Å². The molecule has 0 aliphatic carbocycles. The molecule has 0 unspecified atom stereocenters. The van der Waals surface area contributed by atoms with Gasteiger partial charge in [0, 0.05) is 13.2 Å². The van der Waals surface area contributed by atoms with Crippen molar-refractivity contribution in [3.63, 3.8) is 0 Å². The molecule has 0 heterocycles. The zero-order valence-corrected chi connectivity index (χ0v) is 8.96. The molecule has 0 atom stereocenters. The van der Waals surface area contributed by atoms with Crippen molar-refractivity contribution in [1.29, 1.82) is 0 Å². The molecule has 0 radical (unpaired) electrons. The summed E-state index contributed by atoms with van der Waals surface area (Å²) in [7, 11) is 0. The van der Waals surface area contributed by atoms with Crippen LogP contribution in [-0.2, 0) is 14.3 Å². The van der Waals surface area contributed by atoms with E-state index in [9.17, 15) is 4.79 Å². The molecule has 3 heteroatoms. The molecule has 0 bridgehead atoms. The summed E-state index contributed by atoms with van der Waals surface area (Å²) in [4.78, 5) is 10.9. The number of ether oxygens (including phenoxy) is 2. The lowest BCUT2D eigenvalue weighted by atomic mass is 10.3. The lowest BCUT2D eigenvalue weighted by molar-refractivity contribution is -0.142. The molecule has 0 aliphatic heterocycles. The van der Waals surface area contributed by atoms with Crippen molar-refractivity contribution in [2.24, 2.45) is 0 Å². The van der Waals surface area contributed by atoms with Crippen molar-refractivity contribution in [3.05, 3.63) is 12.7 Å². The van der Waals surface area contributed by atoms with Crippen molar-refractivity contribution in [2.45, 2.75) is 32.6 Å². The van der Waals surface area contributed by atoms with Gasteiger partial charge in [-0.3, -0.25) is 4.79 Å². The SMILES string of the molecule is C=CCC(=O)OCCCCOCCC. The van der Waals surface area contributed by atoms with Crippen LogP contribution in [0.5, 0.6) is 0 Å². The number of unbranched alkanes of at least 4 members (excludes halogenated alkanes) is 1. The summed E-state index contributed by atoms with van der Waals surface area (Å²) in [6.07, 6.45) is 4.71. The highest BCUT2D eigenvalue weighted by molar-refractivity contribution is 5.70. The highest BCUT2D eigenvalue weighted by atomic mass is 16.5. The van der Waals surface area contributed by atoms with Crippen LogP contribution < -0.4 is 0 Å². The molecule has 0 aliphatic rings. The molecule has 0 saturated heterocycles. The van der Waals surface area contributed by atoms with Crippen LogP contribution in [0.3, 0.4) is 0 Å². The van der Waals surface area contributed by atoms with Gasteiger partial charge in [-0.05, 0) is 19.3 Å². The lowest BCUT2D eigenvalue weighted by Gasteiger charge is -2.03. The lowest BCUT2D eigenvalue weighted by Crippen LogP contribution is -2.05. The van der Waals surface area contributed by atoms with Crippen LogP contribution in [0.15, 0.2) is 12.7 Å². The maximum atomic E-state index is 10.9. The van der Waals surface area contributed by atoms with E-state index >= 15 is 0 Å². The third-order valence-electron chi connectivity index (χ3n) is 1.61. The summed E-state index contributed by atoms with van der Waals surface area (Å²) in [5.74, 6) is -0.200. The van der Waals surface area contributed by atoms with Crippen LogP contribution in [0.2, 0.25) is 0 Å². The zero-order chi connectivity index (χ0) is 10.6. The van der Waals surface area contributed by atoms with Crippen LogP contribution in [-0.4, -0.2) is 25.8 Å². The second-order valence-electron chi connectivity index (χ2n) is 3.03. The fourth-order valence-corrected chi connectivity index (χ4v) is 0.915. The van der Waals surface area contributed by atoms with E-state index in [2.05, 4.69) is 13.5 Å². The van der Waals surface area contributed by atoms with Gasteiger partial charge < -0.3 is 9.47 Å². The van der Waals surface area contributed by atoms with Gasteiger partial charge in [0.2, 0.25) is 0 Å². The quantitative estimate of drug-likeness (QED) is 0.325. The first kappa shape index (κ1) is 13.2. The summed E-state index contributed by atoms with van der Waals surface area (Å²) >= 11 is 0. The van der Waals surface area contributed by atoms with E-state index in [0.717, 1.165) is 32.5 Å². The van der Waals surface area contributed by atoms with E-state index < -0.39 is 0 Å². The Labute approximate surface area is 86.1 Å². The minimum atomic E-state index is -0.200. The van der Waals surface area contributed by atoms with Crippen LogP contribution >= 0.6 is 0 Å². The average Bonchev–Trinajstić information content (AvgIpc) is 2.17. The summed E-state index contributed by atoms with van der Waals surface area (Å²) in [6, 6.07) is 0. The summed E-state index contributed by atoms with van der Waals surface area (Å²) in [6.45, 7) is 7.60. The number of esters is 1. The molecule has 14 heavy (non-hydrogen) atoms. The Morgan fingerprint density at radius 2 is 2.00 bits per heavy atom. The summed E-state index contributed by atoms with van der Waals surface area (Å²) < 4.78 is 10.2. The second-order valence-corrected chi connectivity index (χ2v) is 3.03. The largest absolute Gasteiger partial charge is 0.465 e. The van der Waals surface area contributed by atoms with Gasteiger partial charge in [0.15, 0.2) is 0 Å². The minimum Gasteiger partial charge on any atom is -0.465 e. The Morgan fingerprint density at radius 1 is 1.29 bits per heavy atom. The molecule has 0 N–H and O–H groups in total. The molecule has 0 aromatic rings. The molecule has 0 aromatic carbocycles. The fourth-order valence-electron chi connectivity index (χ4n) is 0.915. The number of rotatable bonds is 9. The normalized spacial score (nSPS) is 9.79. The Balaban J connectivity index is 3.05. The van der Waals surface area contributed by atoms with E-state index in [1.54, 1.807) is 6.08 Å². The Hall–Kier alpha value is -0.830. The number of carbonyl (C=O) groups excluding carboxylic acids is 1. The molecule has 82 valence electrons. The highest BCUT2D eigenvalue weighted by Gasteiger charge is 1.97. The number of hydrogen-bond donors (Lipinski definition) is 0. The first-order chi connectivity index (χ1) is 6.81. The van der Waals surface area contributed by atoms with Gasteiger partial charge in [0.05, 0.1) is 13.0 Å². The van der Waals surface area contributed by atoms with Crippen molar-refractivity contribution < 1.29 is 14.3 Å². The van der Waals surface area contributed by atoms with Crippen molar-refractivity contribution >= 4 is 5.97 Å². The predicted octanol–water partition coefficient (Wildman–Crippen LogP) is 2.31. The van der Waals surface area contributed by atoms with Gasteiger partial charge in [-0.25, -0.2) is 0 Å². The van der Waals surface area contributed by atoms with Crippen LogP contribution in [0.4, 0.5) is 0 Å². The third-order valence-corrected chi connectivity index (χ3v) is 1.61. The Morgan fingerprint density at radius 3 is 2.64 bits per heavy atom. The molecule has 0 rings (SSSR count). The van der Waals surface area contributed by atoms with E-state index in [1.165, 1.54) is 0 Å². The highest BCUT2D eigenvalue weighted by Crippen LogP contribution is 1.94. The maximum Gasteiger partial charge on any atom is 0.309 e. The monoisotopic (exact) mass is 200 g/mol. The van der Waals surface area contributed by atoms with Gasteiger partial charge in [-0.15, -0.1) is 6.58 Å². The zero-order valence-electron chi connectivity index (χ0n) is 8.96. The second kappa shape index (κ2) is 10.3. The van der Waals surface area contributed by atoms with Gasteiger partial charge in [-0.2, -0.15) is 0 Å². The van der Waals surface area contributed by atoms with E-state index in [1.807, 2.05) is 0 Å². The first-order valence-corrected chi connectivity index (χ1v) is 5.15. The predicted molar refractivity (Wildman–Crippen MR) is 56.1 cm³/mol. The molecule has 0 saturated carbocycles. The first-order valence-electron chi connectivity index (χ1n) is 5.15. The molecule has 0 spiro atoms. The van der Waals surface area contributed by atoms with Gasteiger partial charge in [0.25, 0.3) is 0 Å². The molecular formula is C11H20O3. The van der Waals surface area contributed by atoms with Crippen LogP contribution in [0.25, 0.3) is 0 Å². The standard InChI is InChI=1S/C11H20O3/c1-3-7-11(12)14-10-6-5-9-13-8-4-2/h3H,1,4-10H2,2H3. The van der Waals surface area contributed by atoms with Crippen molar-refractivity contribution in [1.82, 2.24) is 0 Å². The maximum absolute atomic E-state index is 10.9. The van der Waals surface area contributed by atoms with E-state index in [0.29, 0.717) is 13.0 Å². The van der Waals surface area contributed by atoms with Gasteiger partial charge in [-0.1, -0.05) is 13.0 Å². The van der Waals surface area contributed by atoms with Crippen LogP contribution in [0.1, 0.15) is 32.6 Å².